The van der Waals surface area contributed by atoms with Crippen LogP contribution in [0.3, 0.4) is 0 Å². The van der Waals surface area contributed by atoms with E-state index in [4.69, 9.17) is 9.40 Å². The fourth-order valence-electron chi connectivity index (χ4n) is 10.3. The first-order chi connectivity index (χ1) is 31.6. The SMILES string of the molecule is Cc1ccc(-c2ccc3oc4ccc(-c5cc(-n6c7ccccc7c7ccccc76)cc(-n6c7ccccc7c7ccccc76)c5)cc4c3c2)c(C)c1-n1ccnc1-c1ccccc1. The Bertz CT molecular complexity index is 3750. The lowest BCUT2D eigenvalue weighted by Crippen LogP contribution is -2.03. The van der Waals surface area contributed by atoms with Gasteiger partial charge in [0.25, 0.3) is 0 Å². The molecule has 64 heavy (non-hydrogen) atoms. The molecule has 0 N–H and O–H groups in total. The van der Waals surface area contributed by atoms with Gasteiger partial charge in [-0.15, -0.1) is 0 Å². The maximum Gasteiger partial charge on any atom is 0.144 e. The molecule has 0 bridgehead atoms. The quantitative estimate of drug-likeness (QED) is 0.168. The third kappa shape index (κ3) is 5.47. The van der Waals surface area contributed by atoms with Gasteiger partial charge < -0.3 is 13.6 Å². The molecule has 0 unspecified atom stereocenters. The molecular formula is C59H40N4O. The van der Waals surface area contributed by atoms with E-state index in [-0.39, 0.29) is 0 Å². The van der Waals surface area contributed by atoms with Crippen LogP contribution in [0.15, 0.2) is 211 Å². The Hall–Kier alpha value is -8.41. The second-order valence-corrected chi connectivity index (χ2v) is 16.9. The number of rotatable bonds is 6. The first-order valence-electron chi connectivity index (χ1n) is 21.9. The molecule has 13 rings (SSSR count). The number of imidazole rings is 1. The summed E-state index contributed by atoms with van der Waals surface area (Å²) in [5, 5.41) is 7.12. The minimum atomic E-state index is 0.865. The molecule has 0 fully saturated rings. The van der Waals surface area contributed by atoms with Crippen molar-refractivity contribution in [2.24, 2.45) is 0 Å². The summed E-state index contributed by atoms with van der Waals surface area (Å²) in [4.78, 5) is 4.79. The zero-order valence-corrected chi connectivity index (χ0v) is 35.3. The van der Waals surface area contributed by atoms with Crippen LogP contribution < -0.4 is 0 Å². The summed E-state index contributed by atoms with van der Waals surface area (Å²) in [5.74, 6) is 0.927. The summed E-state index contributed by atoms with van der Waals surface area (Å²) >= 11 is 0. The standard InChI is InChI=1S/C59H40N4O/c1-37-24-27-45(38(2)58(37)61-31-30-60-59(61)39-14-4-3-5-15-39)41-26-29-57-51(35-41)50-34-40(25-28-56(50)64-57)42-32-43(62-52-20-10-6-16-46(52)47-17-7-11-21-53(47)62)36-44(33-42)63-54-22-12-8-18-48(54)49-19-9-13-23-55(49)63/h3-36H,1-2H3. The molecule has 4 heterocycles. The van der Waals surface area contributed by atoms with Gasteiger partial charge in [0, 0.05) is 61.6 Å². The normalized spacial score (nSPS) is 11.9. The van der Waals surface area contributed by atoms with Gasteiger partial charge in [0.1, 0.15) is 17.0 Å². The van der Waals surface area contributed by atoms with Crippen molar-refractivity contribution in [3.63, 3.8) is 0 Å². The Balaban J connectivity index is 1.01. The van der Waals surface area contributed by atoms with Crippen LogP contribution in [0.25, 0.3) is 116 Å². The largest absolute Gasteiger partial charge is 0.456 e. The highest BCUT2D eigenvalue weighted by molar-refractivity contribution is 6.11. The zero-order valence-electron chi connectivity index (χ0n) is 35.3. The molecule has 0 aliphatic rings. The van der Waals surface area contributed by atoms with Crippen molar-refractivity contribution in [3.05, 3.63) is 218 Å². The summed E-state index contributed by atoms with van der Waals surface area (Å²) in [5.41, 5.74) is 17.8. The van der Waals surface area contributed by atoms with Gasteiger partial charge in [0.05, 0.1) is 27.8 Å². The highest BCUT2D eigenvalue weighted by Crippen LogP contribution is 2.41. The lowest BCUT2D eigenvalue weighted by Gasteiger charge is -2.18. The molecule has 0 amide bonds. The van der Waals surface area contributed by atoms with Crippen molar-refractivity contribution in [1.29, 1.82) is 0 Å². The Morgan fingerprint density at radius 1 is 0.406 bits per heavy atom. The van der Waals surface area contributed by atoms with Gasteiger partial charge in [-0.05, 0) is 114 Å². The summed E-state index contributed by atoms with van der Waals surface area (Å²) in [7, 11) is 0. The lowest BCUT2D eigenvalue weighted by molar-refractivity contribution is 0.669. The molecule has 4 aromatic heterocycles. The molecule has 302 valence electrons. The number of hydrogen-bond acceptors (Lipinski definition) is 2. The van der Waals surface area contributed by atoms with Gasteiger partial charge in [-0.3, -0.25) is 4.57 Å². The number of furan rings is 1. The van der Waals surface area contributed by atoms with Crippen LogP contribution in [0.4, 0.5) is 0 Å². The second-order valence-electron chi connectivity index (χ2n) is 16.9. The van der Waals surface area contributed by atoms with Gasteiger partial charge in [0.15, 0.2) is 0 Å². The molecule has 0 saturated carbocycles. The van der Waals surface area contributed by atoms with Gasteiger partial charge in [0.2, 0.25) is 0 Å². The van der Waals surface area contributed by atoms with Gasteiger partial charge in [-0.25, -0.2) is 4.98 Å². The lowest BCUT2D eigenvalue weighted by atomic mass is 9.95. The Morgan fingerprint density at radius 3 is 1.47 bits per heavy atom. The van der Waals surface area contributed by atoms with Crippen LogP contribution in [0, 0.1) is 13.8 Å². The van der Waals surface area contributed by atoms with Crippen molar-refractivity contribution in [3.8, 4) is 50.7 Å². The summed E-state index contributed by atoms with van der Waals surface area (Å²) in [6, 6.07) is 70.2. The van der Waals surface area contributed by atoms with E-state index in [9.17, 15) is 0 Å². The molecule has 0 saturated heterocycles. The number of benzene rings is 9. The van der Waals surface area contributed by atoms with Crippen LogP contribution in [-0.4, -0.2) is 18.7 Å². The van der Waals surface area contributed by atoms with Crippen molar-refractivity contribution in [1.82, 2.24) is 18.7 Å². The Kier molecular flexibility index (Phi) is 7.97. The number of aryl methyl sites for hydroxylation is 1. The van der Waals surface area contributed by atoms with Crippen LogP contribution in [0.1, 0.15) is 11.1 Å². The molecule has 5 nitrogen and oxygen atoms in total. The average molecular weight is 821 g/mol. The van der Waals surface area contributed by atoms with E-state index in [0.717, 1.165) is 67.1 Å². The summed E-state index contributed by atoms with van der Waals surface area (Å²) < 4.78 is 13.6. The number of aromatic nitrogens is 4. The minimum absolute atomic E-state index is 0.865. The molecule has 0 atom stereocenters. The first kappa shape index (κ1) is 36.3. The van der Waals surface area contributed by atoms with E-state index >= 15 is 0 Å². The minimum Gasteiger partial charge on any atom is -0.456 e. The van der Waals surface area contributed by atoms with Crippen molar-refractivity contribution < 1.29 is 4.42 Å². The summed E-state index contributed by atoms with van der Waals surface area (Å²) in [6.45, 7) is 4.40. The maximum absolute atomic E-state index is 6.57. The maximum atomic E-state index is 6.57. The average Bonchev–Trinajstić information content (AvgIpc) is 4.13. The third-order valence-electron chi connectivity index (χ3n) is 13.2. The monoisotopic (exact) mass is 820 g/mol. The molecule has 0 radical (unpaired) electrons. The topological polar surface area (TPSA) is 40.8 Å². The smallest absolute Gasteiger partial charge is 0.144 e. The summed E-state index contributed by atoms with van der Waals surface area (Å²) in [6.07, 6.45) is 3.96. The molecule has 13 aromatic rings. The van der Waals surface area contributed by atoms with E-state index in [0.29, 0.717) is 0 Å². The molecule has 0 aliphatic carbocycles. The number of fused-ring (bicyclic) bond motifs is 9. The Labute approximate surface area is 369 Å². The predicted molar refractivity (Wildman–Crippen MR) is 265 cm³/mol. The van der Waals surface area contributed by atoms with Crippen LogP contribution in [-0.2, 0) is 0 Å². The number of para-hydroxylation sites is 4. The molecule has 0 aliphatic heterocycles. The zero-order chi connectivity index (χ0) is 42.5. The van der Waals surface area contributed by atoms with Gasteiger partial charge in [-0.1, -0.05) is 127 Å². The van der Waals surface area contributed by atoms with Crippen LogP contribution in [0.5, 0.6) is 0 Å². The third-order valence-corrected chi connectivity index (χ3v) is 13.2. The van der Waals surface area contributed by atoms with Crippen molar-refractivity contribution >= 4 is 65.6 Å². The van der Waals surface area contributed by atoms with E-state index < -0.39 is 0 Å². The van der Waals surface area contributed by atoms with E-state index in [1.54, 1.807) is 0 Å². The van der Waals surface area contributed by atoms with E-state index in [1.807, 2.05) is 12.3 Å². The predicted octanol–water partition coefficient (Wildman–Crippen LogP) is 15.6. The molecular weight excluding hydrogens is 781 g/mol. The van der Waals surface area contributed by atoms with Gasteiger partial charge in [-0.2, -0.15) is 0 Å². The van der Waals surface area contributed by atoms with Crippen LogP contribution in [0.2, 0.25) is 0 Å². The fourth-order valence-corrected chi connectivity index (χ4v) is 10.3. The number of hydrogen-bond donors (Lipinski definition) is 0. The molecule has 9 aromatic carbocycles. The fraction of sp³-hybridized carbons (Fsp3) is 0.0339. The van der Waals surface area contributed by atoms with E-state index in [2.05, 4.69) is 222 Å². The van der Waals surface area contributed by atoms with Crippen molar-refractivity contribution in [2.45, 2.75) is 13.8 Å². The Morgan fingerprint density at radius 2 is 0.906 bits per heavy atom. The van der Waals surface area contributed by atoms with Gasteiger partial charge >= 0.3 is 0 Å². The van der Waals surface area contributed by atoms with Crippen LogP contribution >= 0.6 is 0 Å². The highest BCUT2D eigenvalue weighted by atomic mass is 16.3. The number of nitrogens with zero attached hydrogens (tertiary/aromatic N) is 4. The molecule has 0 spiro atoms. The molecule has 5 heteroatoms. The second kappa shape index (κ2) is 14.1. The highest BCUT2D eigenvalue weighted by Gasteiger charge is 2.20. The first-order valence-corrected chi connectivity index (χ1v) is 21.9. The van der Waals surface area contributed by atoms with E-state index in [1.165, 1.54) is 60.3 Å². The van der Waals surface area contributed by atoms with Crippen molar-refractivity contribution in [2.75, 3.05) is 0 Å².